The first-order chi connectivity index (χ1) is 10.2. The molecule has 0 radical (unpaired) electrons. The predicted octanol–water partition coefficient (Wildman–Crippen LogP) is 5.24. The van der Waals surface area contributed by atoms with Gasteiger partial charge in [0.2, 0.25) is 0 Å². The summed E-state index contributed by atoms with van der Waals surface area (Å²) in [6.07, 6.45) is 25.3. The summed E-state index contributed by atoms with van der Waals surface area (Å²) in [5, 5.41) is 0. The molecule has 0 fully saturated rings. The van der Waals surface area contributed by atoms with Crippen LogP contribution in [0.2, 0.25) is 0 Å². The quantitative estimate of drug-likeness (QED) is 0.478. The van der Waals surface area contributed by atoms with Crippen molar-refractivity contribution in [2.45, 2.75) is 33.6 Å². The Kier molecular flexibility index (Phi) is 11.0. The molecule has 21 heavy (non-hydrogen) atoms. The van der Waals surface area contributed by atoms with E-state index in [4.69, 9.17) is 4.74 Å². The second-order valence-corrected chi connectivity index (χ2v) is 4.85. The molecule has 114 valence electrons. The lowest BCUT2D eigenvalue weighted by Crippen LogP contribution is -2.09. The second kappa shape index (κ2) is 12.0. The van der Waals surface area contributed by atoms with Gasteiger partial charge in [-0.3, -0.25) is 0 Å². The van der Waals surface area contributed by atoms with E-state index in [9.17, 15) is 0 Å². The Labute approximate surface area is 130 Å². The summed E-state index contributed by atoms with van der Waals surface area (Å²) in [6, 6.07) is 0. The summed E-state index contributed by atoms with van der Waals surface area (Å²) >= 11 is 0. The van der Waals surface area contributed by atoms with Crippen LogP contribution < -0.4 is 0 Å². The smallest absolute Gasteiger partial charge is 0.0681 e. The SMILES string of the molecule is C#C.C/C=C(\C=C(/COC)C(C)C1=CC=CC=CC1)CC. The first-order valence-corrected chi connectivity index (χ1v) is 7.43. The zero-order chi connectivity index (χ0) is 16.1. The Hall–Kier alpha value is -1.78. The van der Waals surface area contributed by atoms with Crippen molar-refractivity contribution in [3.63, 3.8) is 0 Å². The molecule has 0 N–H and O–H groups in total. The van der Waals surface area contributed by atoms with Crippen molar-refractivity contribution in [3.8, 4) is 12.8 Å². The molecule has 0 heterocycles. The van der Waals surface area contributed by atoms with Gasteiger partial charge in [0, 0.05) is 13.0 Å². The zero-order valence-electron chi connectivity index (χ0n) is 13.8. The standard InChI is InChI=1S/C18H26O.C2H2/c1-5-16(6-2)13-18(14-19-4)15(3)17-11-9-7-8-10-12-17;1-2/h5,7-11,13,15H,6,12,14H2,1-4H3;1-2H/b16-5-,18-13+;. The fourth-order valence-electron chi connectivity index (χ4n) is 2.24. The molecule has 0 bridgehead atoms. The van der Waals surface area contributed by atoms with E-state index < -0.39 is 0 Å². The van der Waals surface area contributed by atoms with Gasteiger partial charge >= 0.3 is 0 Å². The summed E-state index contributed by atoms with van der Waals surface area (Å²) in [5.74, 6) is 0.425. The van der Waals surface area contributed by atoms with E-state index in [2.05, 4.69) is 76.2 Å². The lowest BCUT2D eigenvalue weighted by molar-refractivity contribution is 0.219. The van der Waals surface area contributed by atoms with Crippen molar-refractivity contribution in [2.24, 2.45) is 5.92 Å². The van der Waals surface area contributed by atoms with E-state index in [1.165, 1.54) is 16.7 Å². The van der Waals surface area contributed by atoms with Crippen LogP contribution in [0.5, 0.6) is 0 Å². The number of allylic oxidation sites excluding steroid dienone is 9. The highest BCUT2D eigenvalue weighted by atomic mass is 16.5. The maximum absolute atomic E-state index is 5.38. The molecule has 0 aromatic rings. The molecule has 0 aliphatic heterocycles. The van der Waals surface area contributed by atoms with Gasteiger partial charge in [-0.15, -0.1) is 12.8 Å². The normalized spacial score (nSPS) is 16.6. The minimum absolute atomic E-state index is 0.425. The molecule has 0 aromatic carbocycles. The van der Waals surface area contributed by atoms with Crippen molar-refractivity contribution in [2.75, 3.05) is 13.7 Å². The van der Waals surface area contributed by atoms with Crippen LogP contribution in [0, 0.1) is 18.8 Å². The van der Waals surface area contributed by atoms with Crippen LogP contribution in [-0.4, -0.2) is 13.7 Å². The first-order valence-electron chi connectivity index (χ1n) is 7.43. The van der Waals surface area contributed by atoms with E-state index in [1.807, 2.05) is 0 Å². The molecule has 1 atom stereocenters. The average Bonchev–Trinajstić information content (AvgIpc) is 2.82. The summed E-state index contributed by atoms with van der Waals surface area (Å²) in [4.78, 5) is 0. The van der Waals surface area contributed by atoms with Gasteiger partial charge in [0.05, 0.1) is 6.61 Å². The zero-order valence-corrected chi connectivity index (χ0v) is 13.8. The molecule has 1 heteroatoms. The monoisotopic (exact) mass is 284 g/mol. The molecule has 0 aromatic heterocycles. The maximum Gasteiger partial charge on any atom is 0.0681 e. The number of terminal acetylenes is 1. The van der Waals surface area contributed by atoms with Gasteiger partial charge in [-0.05, 0) is 25.3 Å². The van der Waals surface area contributed by atoms with Gasteiger partial charge < -0.3 is 4.74 Å². The topological polar surface area (TPSA) is 9.23 Å². The molecule has 1 unspecified atom stereocenters. The van der Waals surface area contributed by atoms with Crippen LogP contribution in [0.4, 0.5) is 0 Å². The van der Waals surface area contributed by atoms with Crippen molar-refractivity contribution in [3.05, 3.63) is 59.3 Å². The lowest BCUT2D eigenvalue weighted by atomic mass is 9.89. The third-order valence-electron chi connectivity index (χ3n) is 3.60. The third-order valence-corrected chi connectivity index (χ3v) is 3.60. The first kappa shape index (κ1) is 19.2. The van der Waals surface area contributed by atoms with Crippen LogP contribution in [0.25, 0.3) is 0 Å². The van der Waals surface area contributed by atoms with Crippen molar-refractivity contribution < 1.29 is 4.74 Å². The molecule has 0 spiro atoms. The minimum Gasteiger partial charge on any atom is -0.380 e. The summed E-state index contributed by atoms with van der Waals surface area (Å²) in [5.41, 5.74) is 4.17. The van der Waals surface area contributed by atoms with Gasteiger partial charge in [0.15, 0.2) is 0 Å². The molecule has 0 saturated carbocycles. The van der Waals surface area contributed by atoms with Crippen molar-refractivity contribution in [1.29, 1.82) is 0 Å². The van der Waals surface area contributed by atoms with Crippen LogP contribution in [-0.2, 0) is 4.74 Å². The Bertz CT molecular complexity index is 455. The lowest BCUT2D eigenvalue weighted by Gasteiger charge is -2.19. The van der Waals surface area contributed by atoms with Gasteiger partial charge in [-0.1, -0.05) is 67.5 Å². The Morgan fingerprint density at radius 3 is 2.62 bits per heavy atom. The molecule has 1 rings (SSSR count). The van der Waals surface area contributed by atoms with Crippen LogP contribution in [0.1, 0.15) is 33.6 Å². The van der Waals surface area contributed by atoms with Crippen molar-refractivity contribution >= 4 is 0 Å². The van der Waals surface area contributed by atoms with Gasteiger partial charge in [-0.2, -0.15) is 0 Å². The molecule has 1 aliphatic carbocycles. The molecular formula is C20H28O. The van der Waals surface area contributed by atoms with E-state index >= 15 is 0 Å². The Morgan fingerprint density at radius 1 is 1.33 bits per heavy atom. The number of rotatable bonds is 6. The highest BCUT2D eigenvalue weighted by molar-refractivity contribution is 5.33. The molecule has 1 nitrogen and oxygen atoms in total. The molecule has 0 amide bonds. The molecule has 0 saturated heterocycles. The van der Waals surface area contributed by atoms with E-state index in [1.54, 1.807) is 7.11 Å². The summed E-state index contributed by atoms with van der Waals surface area (Å²) in [6.45, 7) is 7.26. The largest absolute Gasteiger partial charge is 0.380 e. The van der Waals surface area contributed by atoms with E-state index in [0.29, 0.717) is 12.5 Å². The highest BCUT2D eigenvalue weighted by Gasteiger charge is 2.13. The van der Waals surface area contributed by atoms with E-state index in [0.717, 1.165) is 12.8 Å². The Balaban J connectivity index is 0.00000191. The van der Waals surface area contributed by atoms with Gasteiger partial charge in [-0.25, -0.2) is 0 Å². The average molecular weight is 284 g/mol. The van der Waals surface area contributed by atoms with Gasteiger partial charge in [0.25, 0.3) is 0 Å². The number of methoxy groups -OCH3 is 1. The summed E-state index contributed by atoms with van der Waals surface area (Å²) in [7, 11) is 1.77. The second-order valence-electron chi connectivity index (χ2n) is 4.85. The molecular weight excluding hydrogens is 256 g/mol. The number of hydrogen-bond donors (Lipinski definition) is 0. The minimum atomic E-state index is 0.425. The summed E-state index contributed by atoms with van der Waals surface area (Å²) < 4.78 is 5.38. The van der Waals surface area contributed by atoms with Crippen LogP contribution in [0.3, 0.4) is 0 Å². The van der Waals surface area contributed by atoms with Crippen molar-refractivity contribution in [1.82, 2.24) is 0 Å². The van der Waals surface area contributed by atoms with E-state index in [-0.39, 0.29) is 0 Å². The fourth-order valence-corrected chi connectivity index (χ4v) is 2.24. The predicted molar refractivity (Wildman–Crippen MR) is 94.0 cm³/mol. The Morgan fingerprint density at radius 2 is 2.05 bits per heavy atom. The maximum atomic E-state index is 5.38. The number of hydrogen-bond acceptors (Lipinski definition) is 1. The molecule has 1 aliphatic rings. The highest BCUT2D eigenvalue weighted by Crippen LogP contribution is 2.26. The van der Waals surface area contributed by atoms with Gasteiger partial charge in [0.1, 0.15) is 0 Å². The van der Waals surface area contributed by atoms with Crippen LogP contribution >= 0.6 is 0 Å². The number of ether oxygens (including phenoxy) is 1. The van der Waals surface area contributed by atoms with Crippen LogP contribution in [0.15, 0.2) is 59.3 Å². The fraction of sp³-hybridized carbons (Fsp3) is 0.400. The third kappa shape index (κ3) is 6.97.